The van der Waals surface area contributed by atoms with Crippen molar-refractivity contribution in [2.75, 3.05) is 29.4 Å². The number of carbonyl (C=O) groups excluding carboxylic acids is 1. The minimum absolute atomic E-state index is 0.0705. The molecule has 0 aromatic heterocycles. The van der Waals surface area contributed by atoms with E-state index in [1.54, 1.807) is 48.2 Å². The zero-order chi connectivity index (χ0) is 18.0. The van der Waals surface area contributed by atoms with Crippen LogP contribution < -0.4 is 9.62 Å². The van der Waals surface area contributed by atoms with Gasteiger partial charge >= 0.3 is 0 Å². The minimum atomic E-state index is -3.66. The number of ether oxygens (including phenoxy) is 1. The van der Waals surface area contributed by atoms with Crippen molar-refractivity contribution in [1.29, 1.82) is 0 Å². The molecule has 1 heterocycles. The van der Waals surface area contributed by atoms with Crippen LogP contribution in [0.1, 0.15) is 11.1 Å². The molecular weight excluding hydrogens is 340 g/mol. The summed E-state index contributed by atoms with van der Waals surface area (Å²) in [5, 5.41) is 0. The predicted octanol–water partition coefficient (Wildman–Crippen LogP) is 2.47. The Morgan fingerprint density at radius 1 is 1.08 bits per heavy atom. The van der Waals surface area contributed by atoms with E-state index in [0.717, 1.165) is 11.3 Å². The van der Waals surface area contributed by atoms with Crippen molar-refractivity contribution in [1.82, 2.24) is 0 Å². The first kappa shape index (κ1) is 17.4. The van der Waals surface area contributed by atoms with E-state index in [2.05, 4.69) is 4.72 Å². The molecule has 0 aliphatic carbocycles. The van der Waals surface area contributed by atoms with Gasteiger partial charge in [0.25, 0.3) is 15.9 Å². The highest BCUT2D eigenvalue weighted by molar-refractivity contribution is 7.92. The van der Waals surface area contributed by atoms with Crippen LogP contribution >= 0.6 is 0 Å². The molecule has 1 aliphatic rings. The van der Waals surface area contributed by atoms with Gasteiger partial charge in [-0.3, -0.25) is 9.52 Å². The van der Waals surface area contributed by atoms with Gasteiger partial charge in [-0.1, -0.05) is 17.7 Å². The zero-order valence-electron chi connectivity index (χ0n) is 14.2. The molecule has 1 N–H and O–H groups in total. The van der Waals surface area contributed by atoms with E-state index in [1.165, 1.54) is 0 Å². The Hall–Kier alpha value is -2.38. The number of hydrogen-bond acceptors (Lipinski definition) is 4. The first-order valence-electron chi connectivity index (χ1n) is 7.95. The largest absolute Gasteiger partial charge is 0.370 e. The number of hydrogen-bond donors (Lipinski definition) is 1. The maximum absolute atomic E-state index is 12.6. The third-order valence-corrected chi connectivity index (χ3v) is 5.58. The van der Waals surface area contributed by atoms with Crippen LogP contribution in [0.5, 0.6) is 0 Å². The summed E-state index contributed by atoms with van der Waals surface area (Å²) in [5.74, 6) is -0.102. The van der Waals surface area contributed by atoms with E-state index < -0.39 is 10.0 Å². The Balaban J connectivity index is 1.79. The van der Waals surface area contributed by atoms with Crippen molar-refractivity contribution in [3.05, 3.63) is 53.6 Å². The fraction of sp³-hybridized carbons (Fsp3) is 0.278. The van der Waals surface area contributed by atoms with Gasteiger partial charge in [0.2, 0.25) is 0 Å². The number of rotatable bonds is 4. The van der Waals surface area contributed by atoms with E-state index in [0.29, 0.717) is 24.4 Å². The first-order chi connectivity index (χ1) is 11.9. The molecule has 25 heavy (non-hydrogen) atoms. The molecule has 0 radical (unpaired) electrons. The molecule has 6 nitrogen and oxygen atoms in total. The molecule has 0 spiro atoms. The summed E-state index contributed by atoms with van der Waals surface area (Å²) in [6, 6.07) is 12.0. The molecule has 3 rings (SSSR count). The number of amides is 1. The number of morpholine rings is 1. The molecule has 2 aromatic carbocycles. The van der Waals surface area contributed by atoms with Crippen LogP contribution in [0.25, 0.3) is 0 Å². The maximum atomic E-state index is 12.6. The number of aryl methyl sites for hydroxylation is 2. The summed E-state index contributed by atoms with van der Waals surface area (Å²) in [4.78, 5) is 13.7. The van der Waals surface area contributed by atoms with Crippen LogP contribution in [-0.4, -0.2) is 34.1 Å². The van der Waals surface area contributed by atoms with E-state index >= 15 is 0 Å². The standard InChI is InChI=1S/C18H20N2O4S/c1-13-3-8-17(14(2)11-13)25(22,23)19-15-4-6-16(7-5-15)20-9-10-24-12-18(20)21/h3-8,11,19H,9-10,12H2,1-2H3. The highest BCUT2D eigenvalue weighted by atomic mass is 32.2. The van der Waals surface area contributed by atoms with Crippen molar-refractivity contribution in [2.45, 2.75) is 18.7 Å². The van der Waals surface area contributed by atoms with Crippen LogP contribution in [0.4, 0.5) is 11.4 Å². The predicted molar refractivity (Wildman–Crippen MR) is 96.3 cm³/mol. The fourth-order valence-electron chi connectivity index (χ4n) is 2.81. The molecule has 0 unspecified atom stereocenters. The Labute approximate surface area is 147 Å². The van der Waals surface area contributed by atoms with Gasteiger partial charge in [0.15, 0.2) is 0 Å². The van der Waals surface area contributed by atoms with E-state index in [4.69, 9.17) is 4.74 Å². The summed E-state index contributed by atoms with van der Waals surface area (Å²) in [7, 11) is -3.66. The monoisotopic (exact) mass is 360 g/mol. The summed E-state index contributed by atoms with van der Waals surface area (Å²) in [6.45, 7) is 4.75. The number of nitrogens with zero attached hydrogens (tertiary/aromatic N) is 1. The molecule has 0 atom stereocenters. The average molecular weight is 360 g/mol. The number of carbonyl (C=O) groups is 1. The number of benzene rings is 2. The van der Waals surface area contributed by atoms with Crippen LogP contribution in [-0.2, 0) is 19.6 Å². The van der Waals surface area contributed by atoms with Gasteiger partial charge in [-0.15, -0.1) is 0 Å². The van der Waals surface area contributed by atoms with Crippen molar-refractivity contribution in [3.63, 3.8) is 0 Å². The minimum Gasteiger partial charge on any atom is -0.370 e. The highest BCUT2D eigenvalue weighted by Gasteiger charge is 2.21. The summed E-state index contributed by atoms with van der Waals surface area (Å²) >= 11 is 0. The Kier molecular flexibility index (Phi) is 4.78. The molecule has 0 bridgehead atoms. The van der Waals surface area contributed by atoms with Crippen molar-refractivity contribution in [3.8, 4) is 0 Å². The second-order valence-electron chi connectivity index (χ2n) is 6.02. The molecule has 0 saturated carbocycles. The molecule has 2 aromatic rings. The zero-order valence-corrected chi connectivity index (χ0v) is 15.0. The van der Waals surface area contributed by atoms with Gasteiger partial charge < -0.3 is 9.64 Å². The summed E-state index contributed by atoms with van der Waals surface area (Å²) < 4.78 is 32.8. The van der Waals surface area contributed by atoms with Crippen LogP contribution in [0.15, 0.2) is 47.4 Å². The van der Waals surface area contributed by atoms with Crippen LogP contribution in [0, 0.1) is 13.8 Å². The Morgan fingerprint density at radius 3 is 2.44 bits per heavy atom. The lowest BCUT2D eigenvalue weighted by Crippen LogP contribution is -2.41. The highest BCUT2D eigenvalue weighted by Crippen LogP contribution is 2.23. The molecule has 1 amide bonds. The third-order valence-electron chi connectivity index (χ3n) is 4.04. The smallest absolute Gasteiger partial charge is 0.262 e. The Bertz CT molecular complexity index is 892. The topological polar surface area (TPSA) is 75.7 Å². The lowest BCUT2D eigenvalue weighted by Gasteiger charge is -2.27. The van der Waals surface area contributed by atoms with Gasteiger partial charge in [-0.25, -0.2) is 8.42 Å². The van der Waals surface area contributed by atoms with E-state index in [9.17, 15) is 13.2 Å². The molecule has 1 saturated heterocycles. The van der Waals surface area contributed by atoms with E-state index in [-0.39, 0.29) is 17.4 Å². The third kappa shape index (κ3) is 3.83. The first-order valence-corrected chi connectivity index (χ1v) is 9.43. The molecule has 1 aliphatic heterocycles. The van der Waals surface area contributed by atoms with Crippen molar-refractivity contribution < 1.29 is 17.9 Å². The summed E-state index contributed by atoms with van der Waals surface area (Å²) in [6.07, 6.45) is 0. The van der Waals surface area contributed by atoms with Gasteiger partial charge in [-0.2, -0.15) is 0 Å². The van der Waals surface area contributed by atoms with Gasteiger partial charge in [0, 0.05) is 17.9 Å². The second kappa shape index (κ2) is 6.85. The quantitative estimate of drug-likeness (QED) is 0.909. The molecule has 1 fully saturated rings. The average Bonchev–Trinajstić information content (AvgIpc) is 2.55. The van der Waals surface area contributed by atoms with Crippen LogP contribution in [0.2, 0.25) is 0 Å². The van der Waals surface area contributed by atoms with Crippen molar-refractivity contribution >= 4 is 27.3 Å². The molecule has 7 heteroatoms. The van der Waals surface area contributed by atoms with Crippen LogP contribution in [0.3, 0.4) is 0 Å². The number of sulfonamides is 1. The Morgan fingerprint density at radius 2 is 1.80 bits per heavy atom. The number of nitrogens with one attached hydrogen (secondary N) is 1. The second-order valence-corrected chi connectivity index (χ2v) is 7.67. The normalized spacial score (nSPS) is 15.3. The number of anilines is 2. The molecule has 132 valence electrons. The van der Waals surface area contributed by atoms with Gasteiger partial charge in [0.05, 0.1) is 11.5 Å². The van der Waals surface area contributed by atoms with Gasteiger partial charge in [0.1, 0.15) is 6.61 Å². The van der Waals surface area contributed by atoms with Gasteiger partial charge in [-0.05, 0) is 49.7 Å². The summed E-state index contributed by atoms with van der Waals surface area (Å²) in [5.41, 5.74) is 2.88. The maximum Gasteiger partial charge on any atom is 0.262 e. The SMILES string of the molecule is Cc1ccc(S(=O)(=O)Nc2ccc(N3CCOCC3=O)cc2)c(C)c1. The lowest BCUT2D eigenvalue weighted by atomic mass is 10.2. The van der Waals surface area contributed by atoms with E-state index in [1.807, 2.05) is 13.0 Å². The fourth-order valence-corrected chi connectivity index (χ4v) is 4.10. The molecular formula is C18H20N2O4S. The van der Waals surface area contributed by atoms with Crippen molar-refractivity contribution in [2.24, 2.45) is 0 Å². The lowest BCUT2D eigenvalue weighted by molar-refractivity contribution is -0.125.